The normalized spacial score (nSPS) is 11.8. The third kappa shape index (κ3) is 4.98. The van der Waals surface area contributed by atoms with Crippen LogP contribution in [0.3, 0.4) is 0 Å². The summed E-state index contributed by atoms with van der Waals surface area (Å²) >= 11 is 1.47. The fourth-order valence-corrected chi connectivity index (χ4v) is 4.37. The van der Waals surface area contributed by atoms with E-state index in [1.165, 1.54) is 11.3 Å². The van der Waals surface area contributed by atoms with E-state index < -0.39 is 6.04 Å². The number of amides is 2. The van der Waals surface area contributed by atoms with Crippen LogP contribution in [-0.4, -0.2) is 23.5 Å². The molecule has 0 aliphatic rings. The Morgan fingerprint density at radius 3 is 2.50 bits per heavy atom. The molecule has 32 heavy (non-hydrogen) atoms. The third-order valence-electron chi connectivity index (χ3n) is 5.32. The second kappa shape index (κ2) is 10.1. The Balaban J connectivity index is 1.48. The Labute approximate surface area is 190 Å². The van der Waals surface area contributed by atoms with Crippen molar-refractivity contribution in [2.75, 3.05) is 6.54 Å². The molecule has 0 aliphatic carbocycles. The number of carbonyl (C=O) groups is 2. The number of hydrogen-bond acceptors (Lipinski definition) is 4. The molecule has 6 heteroatoms. The Bertz CT molecular complexity index is 1210. The van der Waals surface area contributed by atoms with Gasteiger partial charge in [0.05, 0.1) is 6.04 Å². The molecule has 0 radical (unpaired) electrons. The van der Waals surface area contributed by atoms with Gasteiger partial charge >= 0.3 is 0 Å². The lowest BCUT2D eigenvalue weighted by molar-refractivity contribution is -0.121. The monoisotopic (exact) mass is 444 g/mol. The zero-order chi connectivity index (χ0) is 22.3. The summed E-state index contributed by atoms with van der Waals surface area (Å²) < 4.78 is 0. The predicted octanol–water partition coefficient (Wildman–Crippen LogP) is 5.02. The summed E-state index contributed by atoms with van der Waals surface area (Å²) in [5.41, 5.74) is 2.20. The van der Waals surface area contributed by atoms with Crippen LogP contribution in [0.5, 0.6) is 5.75 Å². The van der Waals surface area contributed by atoms with Crippen molar-refractivity contribution in [1.29, 1.82) is 0 Å². The first kappa shape index (κ1) is 21.6. The summed E-state index contributed by atoms with van der Waals surface area (Å²) in [6.07, 6.45) is 0.781. The van der Waals surface area contributed by atoms with Crippen molar-refractivity contribution in [1.82, 2.24) is 10.6 Å². The van der Waals surface area contributed by atoms with E-state index in [2.05, 4.69) is 10.6 Å². The fourth-order valence-electron chi connectivity index (χ4n) is 3.73. The SMILES string of the molecule is O=C(CCCNC(=O)c1ccsc1)NC(c1ccccc1)c1c(O)ccc2ccccc12. The predicted molar refractivity (Wildman–Crippen MR) is 128 cm³/mol. The molecule has 0 saturated carbocycles. The number of thiophene rings is 1. The van der Waals surface area contributed by atoms with Gasteiger partial charge in [-0.15, -0.1) is 0 Å². The first-order chi connectivity index (χ1) is 15.6. The highest BCUT2D eigenvalue weighted by Gasteiger charge is 2.22. The highest BCUT2D eigenvalue weighted by Crippen LogP contribution is 2.35. The molecule has 0 fully saturated rings. The second-order valence-corrected chi connectivity index (χ2v) is 8.28. The lowest BCUT2D eigenvalue weighted by atomic mass is 9.92. The van der Waals surface area contributed by atoms with Crippen molar-refractivity contribution in [2.24, 2.45) is 0 Å². The maximum absolute atomic E-state index is 12.8. The first-order valence-corrected chi connectivity index (χ1v) is 11.4. The number of phenols is 1. The number of carbonyl (C=O) groups excluding carboxylic acids is 2. The second-order valence-electron chi connectivity index (χ2n) is 7.50. The molecule has 0 aliphatic heterocycles. The van der Waals surface area contributed by atoms with Gasteiger partial charge in [0.2, 0.25) is 5.91 Å². The van der Waals surface area contributed by atoms with Crippen LogP contribution in [0.25, 0.3) is 10.8 Å². The van der Waals surface area contributed by atoms with Crippen molar-refractivity contribution < 1.29 is 14.7 Å². The van der Waals surface area contributed by atoms with Crippen LogP contribution in [0.1, 0.15) is 40.4 Å². The fraction of sp³-hybridized carbons (Fsp3) is 0.154. The van der Waals surface area contributed by atoms with Crippen LogP contribution in [0, 0.1) is 0 Å². The number of fused-ring (bicyclic) bond motifs is 1. The molecule has 3 N–H and O–H groups in total. The smallest absolute Gasteiger partial charge is 0.252 e. The van der Waals surface area contributed by atoms with Gasteiger partial charge in [0.15, 0.2) is 0 Å². The van der Waals surface area contributed by atoms with E-state index in [0.717, 1.165) is 16.3 Å². The number of phenolic OH excluding ortho intramolecular Hbond substituents is 1. The third-order valence-corrected chi connectivity index (χ3v) is 6.01. The van der Waals surface area contributed by atoms with Gasteiger partial charge in [-0.25, -0.2) is 0 Å². The van der Waals surface area contributed by atoms with Crippen LogP contribution in [0.15, 0.2) is 83.6 Å². The zero-order valence-corrected chi connectivity index (χ0v) is 18.3. The van der Waals surface area contributed by atoms with Gasteiger partial charge in [-0.1, -0.05) is 60.7 Å². The molecule has 4 rings (SSSR count). The minimum absolute atomic E-state index is 0.130. The van der Waals surface area contributed by atoms with Crippen molar-refractivity contribution in [3.63, 3.8) is 0 Å². The van der Waals surface area contributed by atoms with E-state index in [1.54, 1.807) is 17.5 Å². The minimum Gasteiger partial charge on any atom is -0.508 e. The highest BCUT2D eigenvalue weighted by atomic mass is 32.1. The van der Waals surface area contributed by atoms with E-state index >= 15 is 0 Å². The molecule has 1 atom stereocenters. The average Bonchev–Trinajstić information content (AvgIpc) is 3.36. The number of benzene rings is 3. The Hall–Kier alpha value is -3.64. The van der Waals surface area contributed by atoms with E-state index in [9.17, 15) is 14.7 Å². The van der Waals surface area contributed by atoms with E-state index in [-0.39, 0.29) is 24.0 Å². The lowest BCUT2D eigenvalue weighted by Crippen LogP contribution is -2.31. The molecule has 2 amide bonds. The topological polar surface area (TPSA) is 78.4 Å². The van der Waals surface area contributed by atoms with E-state index in [1.807, 2.05) is 66.0 Å². The molecule has 1 aromatic heterocycles. The average molecular weight is 445 g/mol. The van der Waals surface area contributed by atoms with Crippen LogP contribution >= 0.6 is 11.3 Å². The van der Waals surface area contributed by atoms with Crippen molar-refractivity contribution in [3.05, 3.63) is 100 Å². The first-order valence-electron chi connectivity index (χ1n) is 10.5. The molecule has 1 unspecified atom stereocenters. The Morgan fingerprint density at radius 2 is 1.72 bits per heavy atom. The van der Waals surface area contributed by atoms with Crippen LogP contribution in [0.4, 0.5) is 0 Å². The zero-order valence-electron chi connectivity index (χ0n) is 17.5. The summed E-state index contributed by atoms with van der Waals surface area (Å²) in [7, 11) is 0. The van der Waals surface area contributed by atoms with Crippen LogP contribution in [0.2, 0.25) is 0 Å². The maximum Gasteiger partial charge on any atom is 0.252 e. The Kier molecular flexibility index (Phi) is 6.82. The van der Waals surface area contributed by atoms with E-state index in [4.69, 9.17) is 0 Å². The molecule has 5 nitrogen and oxygen atoms in total. The maximum atomic E-state index is 12.8. The molecule has 3 aromatic carbocycles. The summed E-state index contributed by atoms with van der Waals surface area (Å²) in [6, 6.07) is 22.2. The number of rotatable bonds is 8. The van der Waals surface area contributed by atoms with Crippen molar-refractivity contribution in [3.8, 4) is 5.75 Å². The largest absolute Gasteiger partial charge is 0.508 e. The molecule has 162 valence electrons. The Morgan fingerprint density at radius 1 is 0.938 bits per heavy atom. The van der Waals surface area contributed by atoms with Gasteiger partial charge in [-0.3, -0.25) is 9.59 Å². The van der Waals surface area contributed by atoms with Crippen LogP contribution < -0.4 is 10.6 Å². The molecule has 1 heterocycles. The highest BCUT2D eigenvalue weighted by molar-refractivity contribution is 7.08. The van der Waals surface area contributed by atoms with Crippen LogP contribution in [-0.2, 0) is 4.79 Å². The van der Waals surface area contributed by atoms with E-state index in [0.29, 0.717) is 24.1 Å². The van der Waals surface area contributed by atoms with Gasteiger partial charge in [-0.2, -0.15) is 11.3 Å². The van der Waals surface area contributed by atoms with Gasteiger partial charge in [0.25, 0.3) is 5.91 Å². The van der Waals surface area contributed by atoms with Gasteiger partial charge in [0.1, 0.15) is 5.75 Å². The quantitative estimate of drug-likeness (QED) is 0.334. The molecular formula is C26H24N2O3S. The number of aromatic hydroxyl groups is 1. The van der Waals surface area contributed by atoms with Gasteiger partial charge < -0.3 is 15.7 Å². The molecule has 0 spiro atoms. The lowest BCUT2D eigenvalue weighted by Gasteiger charge is -2.22. The van der Waals surface area contributed by atoms with Gasteiger partial charge in [0, 0.05) is 29.5 Å². The minimum atomic E-state index is -0.491. The van der Waals surface area contributed by atoms with Crippen molar-refractivity contribution in [2.45, 2.75) is 18.9 Å². The summed E-state index contributed by atoms with van der Waals surface area (Å²) in [4.78, 5) is 24.8. The number of hydrogen-bond donors (Lipinski definition) is 3. The van der Waals surface area contributed by atoms with Gasteiger partial charge in [-0.05, 0) is 40.3 Å². The van der Waals surface area contributed by atoms with Crippen molar-refractivity contribution >= 4 is 33.9 Å². The molecular weight excluding hydrogens is 420 g/mol. The molecule has 0 saturated heterocycles. The standard InChI is InChI=1S/C26H24N2O3S/c29-22-13-12-18-7-4-5-10-21(18)24(22)25(19-8-2-1-3-9-19)28-23(30)11-6-15-27-26(31)20-14-16-32-17-20/h1-5,7-10,12-14,16-17,25,29H,6,11,15H2,(H,27,31)(H,28,30). The summed E-state index contributed by atoms with van der Waals surface area (Å²) in [5, 5.41) is 22.2. The number of nitrogens with one attached hydrogen (secondary N) is 2. The summed E-state index contributed by atoms with van der Waals surface area (Å²) in [5.74, 6) is -0.133. The molecule has 0 bridgehead atoms. The summed E-state index contributed by atoms with van der Waals surface area (Å²) in [6.45, 7) is 0.414. The molecule has 4 aromatic rings.